The van der Waals surface area contributed by atoms with Crippen molar-refractivity contribution in [3.8, 4) is 11.1 Å². The Morgan fingerprint density at radius 1 is 1.15 bits per heavy atom. The number of amides is 1. The molecule has 0 aliphatic carbocycles. The number of carbonyl (C=O) groups is 2. The molecule has 3 rings (SSSR count). The van der Waals surface area contributed by atoms with E-state index < -0.39 is 11.2 Å². The van der Waals surface area contributed by atoms with E-state index in [4.69, 9.17) is 5.11 Å². The average molecular weight is 367 g/mol. The Morgan fingerprint density at radius 2 is 1.77 bits per heavy atom. The highest BCUT2D eigenvalue weighted by Crippen LogP contribution is 2.22. The van der Waals surface area contributed by atoms with E-state index in [0.29, 0.717) is 5.17 Å². The van der Waals surface area contributed by atoms with E-state index in [1.54, 1.807) is 6.21 Å². The lowest BCUT2D eigenvalue weighted by molar-refractivity contribution is -0.138. The van der Waals surface area contributed by atoms with Crippen molar-refractivity contribution in [2.24, 2.45) is 10.2 Å². The van der Waals surface area contributed by atoms with Gasteiger partial charge in [-0.3, -0.25) is 9.59 Å². The van der Waals surface area contributed by atoms with Crippen molar-refractivity contribution in [1.29, 1.82) is 0 Å². The van der Waals surface area contributed by atoms with Gasteiger partial charge in [-0.15, -0.1) is 5.10 Å². The summed E-state index contributed by atoms with van der Waals surface area (Å²) in [5.74, 6) is -1.37. The number of thioether (sulfide) groups is 1. The first-order chi connectivity index (χ1) is 12.5. The molecule has 2 aromatic carbocycles. The highest BCUT2D eigenvalue weighted by Gasteiger charge is 2.32. The minimum Gasteiger partial charge on any atom is -0.481 e. The molecule has 0 aromatic heterocycles. The number of nitrogens with zero attached hydrogens (tertiary/aromatic N) is 2. The number of aryl methyl sites for hydroxylation is 1. The molecule has 1 amide bonds. The van der Waals surface area contributed by atoms with Crippen molar-refractivity contribution < 1.29 is 14.7 Å². The molecular formula is C19H17N3O3S. The number of carboxylic acids is 1. The Labute approximate surface area is 155 Å². The van der Waals surface area contributed by atoms with Crippen molar-refractivity contribution in [1.82, 2.24) is 5.32 Å². The van der Waals surface area contributed by atoms with Crippen molar-refractivity contribution >= 4 is 35.0 Å². The molecule has 0 bridgehead atoms. The van der Waals surface area contributed by atoms with Gasteiger partial charge in [-0.05, 0) is 23.6 Å². The number of hydrogen-bond donors (Lipinski definition) is 2. The number of hydrogen-bond acceptors (Lipinski definition) is 5. The van der Waals surface area contributed by atoms with Gasteiger partial charge in [-0.2, -0.15) is 5.10 Å². The molecule has 1 aliphatic rings. The summed E-state index contributed by atoms with van der Waals surface area (Å²) in [6.07, 6.45) is 1.35. The number of aliphatic carboxylic acids is 1. The number of rotatable bonds is 5. The topological polar surface area (TPSA) is 91.1 Å². The summed E-state index contributed by atoms with van der Waals surface area (Å²) in [5, 5.41) is 18.8. The van der Waals surface area contributed by atoms with E-state index in [1.165, 1.54) is 5.56 Å². The van der Waals surface area contributed by atoms with Crippen molar-refractivity contribution in [3.05, 3.63) is 59.7 Å². The lowest BCUT2D eigenvalue weighted by Crippen LogP contribution is -2.26. The van der Waals surface area contributed by atoms with Gasteiger partial charge >= 0.3 is 5.97 Å². The number of benzene rings is 2. The zero-order chi connectivity index (χ0) is 18.5. The molecule has 1 heterocycles. The monoisotopic (exact) mass is 367 g/mol. The maximum absolute atomic E-state index is 11.6. The van der Waals surface area contributed by atoms with E-state index in [2.05, 4.69) is 46.7 Å². The molecule has 2 N–H and O–H groups in total. The molecule has 1 fully saturated rings. The van der Waals surface area contributed by atoms with Crippen LogP contribution in [0, 0.1) is 6.92 Å². The second-order valence-electron chi connectivity index (χ2n) is 5.83. The lowest BCUT2D eigenvalue weighted by Gasteiger charge is -2.02. The molecule has 132 valence electrons. The Balaban J connectivity index is 1.63. The number of nitrogens with one attached hydrogen (secondary N) is 1. The van der Waals surface area contributed by atoms with E-state index >= 15 is 0 Å². The summed E-state index contributed by atoms with van der Waals surface area (Å²) in [7, 11) is 0. The van der Waals surface area contributed by atoms with Gasteiger partial charge in [0.25, 0.3) is 0 Å². The van der Waals surface area contributed by atoms with E-state index in [0.717, 1.165) is 28.5 Å². The lowest BCUT2D eigenvalue weighted by atomic mass is 10.0. The molecule has 0 radical (unpaired) electrons. The molecule has 26 heavy (non-hydrogen) atoms. The van der Waals surface area contributed by atoms with E-state index in [9.17, 15) is 9.59 Å². The summed E-state index contributed by atoms with van der Waals surface area (Å²) in [5.41, 5.74) is 4.36. The first kappa shape index (κ1) is 17.9. The van der Waals surface area contributed by atoms with Crippen molar-refractivity contribution in [3.63, 3.8) is 0 Å². The Morgan fingerprint density at radius 3 is 2.38 bits per heavy atom. The molecular weight excluding hydrogens is 350 g/mol. The SMILES string of the molecule is Cc1ccc(-c2ccc(C=NN=C3NC(=O)C(CC(=O)O)S3)cc2)cc1. The fraction of sp³-hybridized carbons (Fsp3) is 0.158. The van der Waals surface area contributed by atoms with Crippen LogP contribution in [0.5, 0.6) is 0 Å². The van der Waals surface area contributed by atoms with Crippen molar-refractivity contribution in [2.45, 2.75) is 18.6 Å². The highest BCUT2D eigenvalue weighted by molar-refractivity contribution is 8.15. The van der Waals surface area contributed by atoms with E-state index in [-0.39, 0.29) is 12.3 Å². The van der Waals surface area contributed by atoms with Gasteiger partial charge < -0.3 is 10.4 Å². The Bertz CT molecular complexity index is 874. The highest BCUT2D eigenvalue weighted by atomic mass is 32.2. The number of amidine groups is 1. The fourth-order valence-corrected chi connectivity index (χ4v) is 3.32. The molecule has 2 aromatic rings. The van der Waals surface area contributed by atoms with E-state index in [1.807, 2.05) is 24.3 Å². The van der Waals surface area contributed by atoms with Crippen LogP contribution < -0.4 is 5.32 Å². The fourth-order valence-electron chi connectivity index (χ4n) is 2.40. The quantitative estimate of drug-likeness (QED) is 0.628. The second kappa shape index (κ2) is 7.97. The summed E-state index contributed by atoms with van der Waals surface area (Å²) in [6.45, 7) is 2.06. The van der Waals surface area contributed by atoms with Crippen LogP contribution in [0.1, 0.15) is 17.5 Å². The molecule has 7 heteroatoms. The van der Waals surface area contributed by atoms with Gasteiger partial charge in [0, 0.05) is 0 Å². The zero-order valence-electron chi connectivity index (χ0n) is 14.0. The molecule has 1 atom stereocenters. The molecule has 1 saturated heterocycles. The summed E-state index contributed by atoms with van der Waals surface area (Å²) >= 11 is 1.08. The maximum Gasteiger partial charge on any atom is 0.305 e. The smallest absolute Gasteiger partial charge is 0.305 e. The summed E-state index contributed by atoms with van der Waals surface area (Å²) in [6, 6.07) is 16.2. The first-order valence-corrected chi connectivity index (χ1v) is 8.87. The largest absolute Gasteiger partial charge is 0.481 e. The van der Waals surface area contributed by atoms with Crippen LogP contribution in [-0.2, 0) is 9.59 Å². The van der Waals surface area contributed by atoms with Crippen molar-refractivity contribution in [2.75, 3.05) is 0 Å². The van der Waals surface area contributed by atoms with Gasteiger partial charge in [0.2, 0.25) is 5.91 Å². The minimum atomic E-state index is -1.02. The predicted octanol–water partition coefficient (Wildman–Crippen LogP) is 3.06. The molecule has 6 nitrogen and oxygen atoms in total. The number of carboxylic acid groups (broad SMARTS) is 1. The summed E-state index contributed by atoms with van der Waals surface area (Å²) in [4.78, 5) is 22.3. The van der Waals surface area contributed by atoms with Gasteiger partial charge in [-0.25, -0.2) is 0 Å². The van der Waals surface area contributed by atoms with Crippen LogP contribution >= 0.6 is 11.8 Å². The molecule has 0 saturated carbocycles. The minimum absolute atomic E-state index is 0.236. The van der Waals surface area contributed by atoms with Crippen LogP contribution in [0.4, 0.5) is 0 Å². The number of carbonyl (C=O) groups excluding carboxylic acids is 1. The second-order valence-corrected chi connectivity index (χ2v) is 7.02. The van der Waals surface area contributed by atoms with Crippen LogP contribution in [0.15, 0.2) is 58.7 Å². The maximum atomic E-state index is 11.6. The average Bonchev–Trinajstić information content (AvgIpc) is 2.95. The Kier molecular flexibility index (Phi) is 5.48. The Hall–Kier alpha value is -2.93. The molecule has 1 unspecified atom stereocenters. The van der Waals surface area contributed by atoms with Crippen LogP contribution in [0.2, 0.25) is 0 Å². The molecule has 1 aliphatic heterocycles. The van der Waals surface area contributed by atoms with Crippen LogP contribution in [0.3, 0.4) is 0 Å². The third-order valence-electron chi connectivity index (χ3n) is 3.79. The standard InChI is InChI=1S/C19H17N3O3S/c1-12-2-6-14(7-3-12)15-8-4-13(5-9-15)11-20-22-19-21-18(25)16(26-19)10-17(23)24/h2-9,11,16H,10H2,1H3,(H,23,24)(H,21,22,25). The first-order valence-electron chi connectivity index (χ1n) is 7.99. The third kappa shape index (κ3) is 4.58. The zero-order valence-corrected chi connectivity index (χ0v) is 14.9. The van der Waals surface area contributed by atoms with Crippen LogP contribution in [0.25, 0.3) is 11.1 Å². The normalized spacial score (nSPS) is 18.4. The van der Waals surface area contributed by atoms with Gasteiger partial charge in [0.1, 0.15) is 5.25 Å². The van der Waals surface area contributed by atoms with Crippen LogP contribution in [-0.4, -0.2) is 33.6 Å². The van der Waals surface area contributed by atoms with Gasteiger partial charge in [-0.1, -0.05) is 65.9 Å². The molecule has 0 spiro atoms. The summed E-state index contributed by atoms with van der Waals surface area (Å²) < 4.78 is 0. The third-order valence-corrected chi connectivity index (χ3v) is 4.86. The predicted molar refractivity (Wildman–Crippen MR) is 103 cm³/mol. The van der Waals surface area contributed by atoms with Gasteiger partial charge in [0.15, 0.2) is 5.17 Å². The van der Waals surface area contributed by atoms with Gasteiger partial charge in [0.05, 0.1) is 12.6 Å².